The van der Waals surface area contributed by atoms with Gasteiger partial charge in [-0.2, -0.15) is 0 Å². The van der Waals surface area contributed by atoms with Crippen molar-refractivity contribution in [3.05, 3.63) is 17.5 Å². The SMILES string of the molecule is CCN(CC)c1ncc2c(n1)CCCCC2N. The quantitative estimate of drug-likeness (QED) is 0.813. The summed E-state index contributed by atoms with van der Waals surface area (Å²) in [5.74, 6) is 0.850. The largest absolute Gasteiger partial charge is 0.341 e. The number of fused-ring (bicyclic) bond motifs is 1. The van der Waals surface area contributed by atoms with Crippen LogP contribution < -0.4 is 10.6 Å². The number of nitrogens with zero attached hydrogens (tertiary/aromatic N) is 3. The number of hydrogen-bond donors (Lipinski definition) is 1. The van der Waals surface area contributed by atoms with Gasteiger partial charge in [-0.25, -0.2) is 9.97 Å². The van der Waals surface area contributed by atoms with E-state index in [1.165, 1.54) is 12.8 Å². The van der Waals surface area contributed by atoms with E-state index in [2.05, 4.69) is 23.7 Å². The first-order valence-electron chi connectivity index (χ1n) is 6.62. The third kappa shape index (κ3) is 2.57. The third-order valence-corrected chi connectivity index (χ3v) is 3.51. The van der Waals surface area contributed by atoms with E-state index in [9.17, 15) is 0 Å². The molecule has 0 aliphatic heterocycles. The molecule has 4 nitrogen and oxygen atoms in total. The van der Waals surface area contributed by atoms with Gasteiger partial charge in [-0.1, -0.05) is 6.42 Å². The van der Waals surface area contributed by atoms with Crippen molar-refractivity contribution in [2.75, 3.05) is 18.0 Å². The van der Waals surface area contributed by atoms with E-state index in [1.54, 1.807) is 0 Å². The minimum atomic E-state index is 0.123. The van der Waals surface area contributed by atoms with E-state index in [0.717, 1.165) is 43.1 Å². The van der Waals surface area contributed by atoms with Crippen LogP contribution in [0.1, 0.15) is 50.4 Å². The molecule has 1 unspecified atom stereocenters. The first kappa shape index (κ1) is 12.3. The highest BCUT2D eigenvalue weighted by molar-refractivity contribution is 5.34. The maximum atomic E-state index is 6.14. The lowest BCUT2D eigenvalue weighted by Gasteiger charge is -2.20. The van der Waals surface area contributed by atoms with E-state index in [-0.39, 0.29) is 6.04 Å². The number of nitrogens with two attached hydrogens (primary N) is 1. The Balaban J connectivity index is 2.32. The fourth-order valence-corrected chi connectivity index (χ4v) is 2.40. The van der Waals surface area contributed by atoms with Crippen molar-refractivity contribution in [2.24, 2.45) is 5.73 Å². The van der Waals surface area contributed by atoms with Crippen LogP contribution in [0.15, 0.2) is 6.20 Å². The highest BCUT2D eigenvalue weighted by Gasteiger charge is 2.18. The van der Waals surface area contributed by atoms with Crippen LogP contribution in [-0.2, 0) is 6.42 Å². The normalized spacial score (nSPS) is 19.6. The molecular weight excluding hydrogens is 212 g/mol. The van der Waals surface area contributed by atoms with Crippen LogP contribution in [0, 0.1) is 0 Å². The number of aryl methyl sites for hydroxylation is 1. The summed E-state index contributed by atoms with van der Waals surface area (Å²) in [5, 5.41) is 0. The number of rotatable bonds is 3. The van der Waals surface area contributed by atoms with Gasteiger partial charge >= 0.3 is 0 Å². The average Bonchev–Trinajstić information content (AvgIpc) is 2.53. The molecular formula is C13H22N4. The summed E-state index contributed by atoms with van der Waals surface area (Å²) >= 11 is 0. The van der Waals surface area contributed by atoms with Crippen LogP contribution >= 0.6 is 0 Å². The molecule has 0 aromatic carbocycles. The van der Waals surface area contributed by atoms with Crippen molar-refractivity contribution in [3.63, 3.8) is 0 Å². The molecule has 94 valence electrons. The summed E-state index contributed by atoms with van der Waals surface area (Å²) in [7, 11) is 0. The maximum absolute atomic E-state index is 6.14. The molecule has 4 heteroatoms. The minimum absolute atomic E-state index is 0.123. The van der Waals surface area contributed by atoms with Gasteiger partial charge in [-0.15, -0.1) is 0 Å². The summed E-state index contributed by atoms with van der Waals surface area (Å²) in [6.07, 6.45) is 6.42. The van der Waals surface area contributed by atoms with Crippen molar-refractivity contribution < 1.29 is 0 Å². The molecule has 1 aromatic rings. The fourth-order valence-electron chi connectivity index (χ4n) is 2.40. The molecule has 2 rings (SSSR count). The van der Waals surface area contributed by atoms with E-state index in [0.29, 0.717) is 0 Å². The van der Waals surface area contributed by atoms with Gasteiger partial charge in [0.05, 0.1) is 5.69 Å². The highest BCUT2D eigenvalue weighted by Crippen LogP contribution is 2.26. The Bertz CT molecular complexity index is 374. The first-order chi connectivity index (χ1) is 8.26. The van der Waals surface area contributed by atoms with Gasteiger partial charge in [0.25, 0.3) is 0 Å². The van der Waals surface area contributed by atoms with Gasteiger partial charge in [-0.05, 0) is 33.1 Å². The standard InChI is InChI=1S/C13H22N4/c1-3-17(4-2)13-15-9-10-11(14)7-5-6-8-12(10)16-13/h9,11H,3-8,14H2,1-2H3. The predicted molar refractivity (Wildman–Crippen MR) is 70.1 cm³/mol. The first-order valence-corrected chi connectivity index (χ1v) is 6.62. The average molecular weight is 234 g/mol. The van der Waals surface area contributed by atoms with Crippen molar-refractivity contribution in [1.29, 1.82) is 0 Å². The molecule has 1 aliphatic carbocycles. The molecule has 1 atom stereocenters. The van der Waals surface area contributed by atoms with Crippen molar-refractivity contribution in [1.82, 2.24) is 9.97 Å². The fraction of sp³-hybridized carbons (Fsp3) is 0.692. The zero-order valence-corrected chi connectivity index (χ0v) is 10.8. The van der Waals surface area contributed by atoms with Crippen molar-refractivity contribution in [2.45, 2.75) is 45.6 Å². The van der Waals surface area contributed by atoms with Gasteiger partial charge in [0.1, 0.15) is 0 Å². The lowest BCUT2D eigenvalue weighted by molar-refractivity contribution is 0.614. The molecule has 0 fully saturated rings. The van der Waals surface area contributed by atoms with Crippen LogP contribution in [-0.4, -0.2) is 23.1 Å². The summed E-state index contributed by atoms with van der Waals surface area (Å²) in [6, 6.07) is 0.123. The van der Waals surface area contributed by atoms with Gasteiger partial charge in [0, 0.05) is 30.9 Å². The van der Waals surface area contributed by atoms with Crippen LogP contribution in [0.3, 0.4) is 0 Å². The molecule has 0 saturated heterocycles. The Hall–Kier alpha value is -1.16. The van der Waals surface area contributed by atoms with Crippen LogP contribution in [0.4, 0.5) is 5.95 Å². The summed E-state index contributed by atoms with van der Waals surface area (Å²) in [5.41, 5.74) is 8.45. The molecule has 0 amide bonds. The maximum Gasteiger partial charge on any atom is 0.225 e. The van der Waals surface area contributed by atoms with E-state index >= 15 is 0 Å². The molecule has 0 radical (unpaired) electrons. The molecule has 1 aliphatic rings. The monoisotopic (exact) mass is 234 g/mol. The van der Waals surface area contributed by atoms with E-state index in [1.807, 2.05) is 6.20 Å². The summed E-state index contributed by atoms with van der Waals surface area (Å²) in [4.78, 5) is 11.3. The molecule has 1 aromatic heterocycles. The smallest absolute Gasteiger partial charge is 0.225 e. The minimum Gasteiger partial charge on any atom is -0.341 e. The second kappa shape index (κ2) is 5.45. The van der Waals surface area contributed by atoms with Gasteiger partial charge < -0.3 is 10.6 Å². The topological polar surface area (TPSA) is 55.0 Å². The number of aromatic nitrogens is 2. The molecule has 0 bridgehead atoms. The van der Waals surface area contributed by atoms with Crippen LogP contribution in [0.5, 0.6) is 0 Å². The molecule has 0 spiro atoms. The van der Waals surface area contributed by atoms with Crippen LogP contribution in [0.2, 0.25) is 0 Å². The molecule has 1 heterocycles. The second-order valence-corrected chi connectivity index (χ2v) is 4.60. The van der Waals surface area contributed by atoms with Gasteiger partial charge in [0.2, 0.25) is 5.95 Å². The second-order valence-electron chi connectivity index (χ2n) is 4.60. The Labute approximate surface area is 103 Å². The van der Waals surface area contributed by atoms with Crippen molar-refractivity contribution >= 4 is 5.95 Å². The molecule has 17 heavy (non-hydrogen) atoms. The van der Waals surface area contributed by atoms with Crippen LogP contribution in [0.25, 0.3) is 0 Å². The van der Waals surface area contributed by atoms with E-state index in [4.69, 9.17) is 10.7 Å². The third-order valence-electron chi connectivity index (χ3n) is 3.51. The zero-order valence-electron chi connectivity index (χ0n) is 10.8. The zero-order chi connectivity index (χ0) is 12.3. The molecule has 2 N–H and O–H groups in total. The summed E-state index contributed by atoms with van der Waals surface area (Å²) in [6.45, 7) is 6.15. The number of anilines is 1. The highest BCUT2D eigenvalue weighted by atomic mass is 15.2. The Morgan fingerprint density at radius 3 is 2.82 bits per heavy atom. The predicted octanol–water partition coefficient (Wildman–Crippen LogP) is 2.05. The molecule has 0 saturated carbocycles. The lowest BCUT2D eigenvalue weighted by Crippen LogP contribution is -2.25. The van der Waals surface area contributed by atoms with Gasteiger partial charge in [-0.3, -0.25) is 0 Å². The van der Waals surface area contributed by atoms with E-state index < -0.39 is 0 Å². The summed E-state index contributed by atoms with van der Waals surface area (Å²) < 4.78 is 0. The Morgan fingerprint density at radius 1 is 1.35 bits per heavy atom. The Kier molecular flexibility index (Phi) is 3.94. The Morgan fingerprint density at radius 2 is 2.12 bits per heavy atom. The van der Waals surface area contributed by atoms with Gasteiger partial charge in [0.15, 0.2) is 0 Å². The number of hydrogen-bond acceptors (Lipinski definition) is 4. The van der Waals surface area contributed by atoms with Crippen molar-refractivity contribution in [3.8, 4) is 0 Å². The lowest BCUT2D eigenvalue weighted by atomic mass is 10.1.